The summed E-state index contributed by atoms with van der Waals surface area (Å²) in [6, 6.07) is -0.347. The number of carboxylic acid groups (broad SMARTS) is 1. The molecule has 0 amide bonds. The van der Waals surface area contributed by atoms with Crippen molar-refractivity contribution < 1.29 is 15.0 Å². The molecular weight excluding hydrogens is 194 g/mol. The van der Waals surface area contributed by atoms with Crippen LogP contribution in [0.5, 0.6) is 0 Å². The lowest BCUT2D eigenvalue weighted by atomic mass is 9.91. The van der Waals surface area contributed by atoms with E-state index in [0.717, 1.165) is 25.9 Å². The highest BCUT2D eigenvalue weighted by Crippen LogP contribution is 2.22. The Morgan fingerprint density at radius 3 is 2.33 bits per heavy atom. The molecule has 15 heavy (non-hydrogen) atoms. The molecule has 0 aromatic rings. The van der Waals surface area contributed by atoms with Gasteiger partial charge in [-0.3, -0.25) is 9.69 Å². The van der Waals surface area contributed by atoms with Crippen LogP contribution in [0.1, 0.15) is 33.1 Å². The van der Waals surface area contributed by atoms with Crippen molar-refractivity contribution in [3.63, 3.8) is 0 Å². The lowest BCUT2D eigenvalue weighted by Crippen LogP contribution is -2.46. The number of carboxylic acids is 1. The Balaban J connectivity index is 2.45. The van der Waals surface area contributed by atoms with E-state index in [9.17, 15) is 9.90 Å². The van der Waals surface area contributed by atoms with Crippen LogP contribution in [0, 0.1) is 5.92 Å². The molecule has 0 aromatic carbocycles. The second kappa shape index (κ2) is 5.47. The molecule has 1 heterocycles. The van der Waals surface area contributed by atoms with Crippen LogP contribution in [0.2, 0.25) is 0 Å². The van der Waals surface area contributed by atoms with Crippen molar-refractivity contribution in [2.24, 2.45) is 5.92 Å². The predicted octanol–water partition coefficient (Wildman–Crippen LogP) is 0.942. The average molecular weight is 215 g/mol. The van der Waals surface area contributed by atoms with E-state index < -0.39 is 5.97 Å². The van der Waals surface area contributed by atoms with Crippen LogP contribution < -0.4 is 0 Å². The minimum Gasteiger partial charge on any atom is -0.480 e. The number of hydrogen-bond donors (Lipinski definition) is 2. The number of hydrogen-bond acceptors (Lipinski definition) is 3. The van der Waals surface area contributed by atoms with Gasteiger partial charge in [-0.1, -0.05) is 6.92 Å². The van der Waals surface area contributed by atoms with Gasteiger partial charge in [-0.05, 0) is 45.2 Å². The molecule has 88 valence electrons. The molecule has 1 aliphatic rings. The summed E-state index contributed by atoms with van der Waals surface area (Å²) in [5.74, 6) is -0.388. The van der Waals surface area contributed by atoms with E-state index in [4.69, 9.17) is 5.11 Å². The fraction of sp³-hybridized carbons (Fsp3) is 0.909. The number of likely N-dealkylation sites (tertiary alicyclic amines) is 1. The maximum Gasteiger partial charge on any atom is 0.320 e. The first kappa shape index (κ1) is 12.5. The zero-order valence-electron chi connectivity index (χ0n) is 9.52. The van der Waals surface area contributed by atoms with Crippen molar-refractivity contribution in [3.8, 4) is 0 Å². The summed E-state index contributed by atoms with van der Waals surface area (Å²) in [5.41, 5.74) is 0. The topological polar surface area (TPSA) is 60.8 Å². The first-order valence-electron chi connectivity index (χ1n) is 5.71. The van der Waals surface area contributed by atoms with Gasteiger partial charge < -0.3 is 10.2 Å². The summed E-state index contributed by atoms with van der Waals surface area (Å²) in [7, 11) is 0. The number of nitrogens with zero attached hydrogens (tertiary/aromatic N) is 1. The van der Waals surface area contributed by atoms with Gasteiger partial charge in [-0.2, -0.15) is 0 Å². The standard InChI is InChI=1S/C11H21NO3/c1-3-10(11(14)15)12-6-4-9(5-7-12)8(2)13/h8-10,13H,3-7H2,1-2H3,(H,14,15)/t8-,10+/m1/s1. The molecule has 2 N–H and O–H groups in total. The lowest BCUT2D eigenvalue weighted by Gasteiger charge is -2.36. The summed E-state index contributed by atoms with van der Waals surface area (Å²) in [4.78, 5) is 13.0. The van der Waals surface area contributed by atoms with Gasteiger partial charge >= 0.3 is 5.97 Å². The molecule has 1 saturated heterocycles. The molecule has 0 aromatic heterocycles. The summed E-state index contributed by atoms with van der Waals surface area (Å²) in [6.07, 6.45) is 2.19. The van der Waals surface area contributed by atoms with E-state index in [0.29, 0.717) is 12.3 Å². The third-order valence-electron chi connectivity index (χ3n) is 3.37. The molecule has 1 aliphatic heterocycles. The number of aliphatic carboxylic acids is 1. The smallest absolute Gasteiger partial charge is 0.320 e. The van der Waals surface area contributed by atoms with Crippen LogP contribution >= 0.6 is 0 Å². The predicted molar refractivity (Wildman–Crippen MR) is 57.7 cm³/mol. The van der Waals surface area contributed by atoms with Crippen molar-refractivity contribution in [2.75, 3.05) is 13.1 Å². The highest BCUT2D eigenvalue weighted by Gasteiger charge is 2.29. The Kier molecular flexibility index (Phi) is 4.54. The second-order valence-electron chi connectivity index (χ2n) is 4.38. The summed E-state index contributed by atoms with van der Waals surface area (Å²) < 4.78 is 0. The van der Waals surface area contributed by atoms with Gasteiger partial charge in [0.2, 0.25) is 0 Å². The van der Waals surface area contributed by atoms with E-state index in [1.165, 1.54) is 0 Å². The van der Waals surface area contributed by atoms with Crippen LogP contribution in [0.25, 0.3) is 0 Å². The third kappa shape index (κ3) is 3.18. The van der Waals surface area contributed by atoms with Gasteiger partial charge in [0, 0.05) is 0 Å². The highest BCUT2D eigenvalue weighted by atomic mass is 16.4. The first-order valence-corrected chi connectivity index (χ1v) is 5.71. The minimum absolute atomic E-state index is 0.267. The maximum atomic E-state index is 11.0. The lowest BCUT2D eigenvalue weighted by molar-refractivity contribution is -0.144. The quantitative estimate of drug-likeness (QED) is 0.732. The van der Waals surface area contributed by atoms with E-state index in [-0.39, 0.29) is 12.1 Å². The van der Waals surface area contributed by atoms with Gasteiger partial charge in [0.1, 0.15) is 6.04 Å². The van der Waals surface area contributed by atoms with Crippen molar-refractivity contribution in [1.29, 1.82) is 0 Å². The van der Waals surface area contributed by atoms with Gasteiger partial charge in [-0.15, -0.1) is 0 Å². The van der Waals surface area contributed by atoms with Gasteiger partial charge in [0.05, 0.1) is 6.10 Å². The monoisotopic (exact) mass is 215 g/mol. The SMILES string of the molecule is CC[C@@H](C(=O)O)N1CCC([C@@H](C)O)CC1. The number of aliphatic hydroxyl groups excluding tert-OH is 1. The molecule has 4 nitrogen and oxygen atoms in total. The van der Waals surface area contributed by atoms with Gasteiger partial charge in [-0.25, -0.2) is 0 Å². The van der Waals surface area contributed by atoms with Crippen LogP contribution in [0.3, 0.4) is 0 Å². The van der Waals surface area contributed by atoms with Gasteiger partial charge in [0.25, 0.3) is 0 Å². The zero-order valence-corrected chi connectivity index (χ0v) is 9.52. The Bertz CT molecular complexity index is 210. The Labute approximate surface area is 90.9 Å². The van der Waals surface area contributed by atoms with E-state index in [1.807, 2.05) is 18.7 Å². The fourth-order valence-corrected chi connectivity index (χ4v) is 2.30. The summed E-state index contributed by atoms with van der Waals surface area (Å²) >= 11 is 0. The molecule has 1 rings (SSSR count). The Morgan fingerprint density at radius 2 is 2.00 bits per heavy atom. The highest BCUT2D eigenvalue weighted by molar-refractivity contribution is 5.73. The van der Waals surface area contributed by atoms with Crippen LogP contribution in [-0.2, 0) is 4.79 Å². The molecule has 1 fully saturated rings. The fourth-order valence-electron chi connectivity index (χ4n) is 2.30. The number of carbonyl (C=O) groups is 1. The van der Waals surface area contributed by atoms with Gasteiger partial charge in [0.15, 0.2) is 0 Å². The van der Waals surface area contributed by atoms with Crippen molar-refractivity contribution in [2.45, 2.75) is 45.3 Å². The van der Waals surface area contributed by atoms with Crippen molar-refractivity contribution in [3.05, 3.63) is 0 Å². The Morgan fingerprint density at radius 1 is 1.47 bits per heavy atom. The van der Waals surface area contributed by atoms with Crippen molar-refractivity contribution in [1.82, 2.24) is 4.90 Å². The van der Waals surface area contributed by atoms with Crippen LogP contribution in [0.15, 0.2) is 0 Å². The Hall–Kier alpha value is -0.610. The minimum atomic E-state index is -0.729. The molecule has 2 atom stereocenters. The van der Waals surface area contributed by atoms with E-state index in [1.54, 1.807) is 0 Å². The van der Waals surface area contributed by atoms with E-state index in [2.05, 4.69) is 0 Å². The average Bonchev–Trinajstić information content (AvgIpc) is 2.19. The number of rotatable bonds is 4. The third-order valence-corrected chi connectivity index (χ3v) is 3.37. The molecule has 0 spiro atoms. The molecule has 0 aliphatic carbocycles. The largest absolute Gasteiger partial charge is 0.480 e. The zero-order chi connectivity index (χ0) is 11.4. The van der Waals surface area contributed by atoms with Crippen molar-refractivity contribution >= 4 is 5.97 Å². The molecule has 0 bridgehead atoms. The van der Waals surface area contributed by atoms with Crippen LogP contribution in [0.4, 0.5) is 0 Å². The second-order valence-corrected chi connectivity index (χ2v) is 4.38. The summed E-state index contributed by atoms with van der Waals surface area (Å²) in [5, 5.41) is 18.4. The normalized spacial score (nSPS) is 23.7. The first-order chi connectivity index (χ1) is 7.06. The molecule has 0 unspecified atom stereocenters. The molecule has 4 heteroatoms. The van der Waals surface area contributed by atoms with Crippen LogP contribution in [-0.4, -0.2) is 46.3 Å². The molecule has 0 saturated carbocycles. The number of aliphatic hydroxyl groups is 1. The molecular formula is C11H21NO3. The van der Waals surface area contributed by atoms with E-state index >= 15 is 0 Å². The maximum absolute atomic E-state index is 11.0. The molecule has 0 radical (unpaired) electrons. The number of piperidine rings is 1. The summed E-state index contributed by atoms with van der Waals surface area (Å²) in [6.45, 7) is 5.30.